The zero-order valence-electron chi connectivity index (χ0n) is 21.1. The maximum atomic E-state index is 15.9. The van der Waals surface area contributed by atoms with Gasteiger partial charge in [-0.25, -0.2) is 14.9 Å². The van der Waals surface area contributed by atoms with E-state index < -0.39 is 11.7 Å². The summed E-state index contributed by atoms with van der Waals surface area (Å²) in [5.74, 6) is -0.668. The molecule has 0 atom stereocenters. The van der Waals surface area contributed by atoms with Gasteiger partial charge < -0.3 is 14.6 Å². The second-order valence-electron chi connectivity index (χ2n) is 9.87. The lowest BCUT2D eigenvalue weighted by molar-refractivity contribution is 0.0271. The number of nitrogens with zero attached hydrogens (tertiary/aromatic N) is 3. The second-order valence-corrected chi connectivity index (χ2v) is 11.2. The first kappa shape index (κ1) is 27.3. The Morgan fingerprint density at radius 3 is 2.74 bits per heavy atom. The van der Waals surface area contributed by atoms with Crippen LogP contribution < -0.4 is 10.8 Å². The van der Waals surface area contributed by atoms with Gasteiger partial charge in [0.25, 0.3) is 5.91 Å². The average Bonchev–Trinajstić information content (AvgIpc) is 3.65. The van der Waals surface area contributed by atoms with E-state index in [9.17, 15) is 4.79 Å². The number of nitrogens with one attached hydrogen (secondary N) is 2. The molecule has 0 bridgehead atoms. The van der Waals surface area contributed by atoms with Gasteiger partial charge in [0.1, 0.15) is 5.52 Å². The van der Waals surface area contributed by atoms with Gasteiger partial charge in [-0.2, -0.15) is 0 Å². The van der Waals surface area contributed by atoms with E-state index in [0.29, 0.717) is 35.3 Å². The molecular formula is C27H32BrClFN5O3. The van der Waals surface area contributed by atoms with Gasteiger partial charge in [0, 0.05) is 24.1 Å². The number of imidazole rings is 1. The first-order valence-electron chi connectivity index (χ1n) is 13.1. The Balaban J connectivity index is 1.33. The molecule has 3 aromatic rings. The summed E-state index contributed by atoms with van der Waals surface area (Å²) in [6.45, 7) is 5.77. The van der Waals surface area contributed by atoms with Crippen molar-refractivity contribution in [1.29, 1.82) is 0 Å². The summed E-state index contributed by atoms with van der Waals surface area (Å²) in [4.78, 5) is 25.3. The number of amides is 1. The number of anilines is 2. The van der Waals surface area contributed by atoms with Crippen LogP contribution in [0.1, 0.15) is 42.5 Å². The van der Waals surface area contributed by atoms with Crippen LogP contribution in [0.15, 0.2) is 35.1 Å². The number of hydrogen-bond donors (Lipinski definition) is 2. The van der Waals surface area contributed by atoms with Crippen molar-refractivity contribution in [3.63, 3.8) is 0 Å². The van der Waals surface area contributed by atoms with Crippen LogP contribution in [0.2, 0.25) is 5.02 Å². The number of aryl methyl sites for hydroxylation is 1. The van der Waals surface area contributed by atoms with Gasteiger partial charge in [0.05, 0.1) is 53.6 Å². The predicted octanol–water partition coefficient (Wildman–Crippen LogP) is 5.91. The number of carbonyl (C=O) groups excluding carboxylic acids is 1. The fourth-order valence-corrected chi connectivity index (χ4v) is 5.27. The van der Waals surface area contributed by atoms with E-state index in [0.717, 1.165) is 69.4 Å². The molecule has 8 nitrogen and oxygen atoms in total. The summed E-state index contributed by atoms with van der Waals surface area (Å²) >= 11 is 9.75. The Bertz CT molecular complexity index is 1280. The number of morpholine rings is 1. The Morgan fingerprint density at radius 2 is 1.97 bits per heavy atom. The fourth-order valence-electron chi connectivity index (χ4n) is 4.55. The van der Waals surface area contributed by atoms with Gasteiger partial charge in [-0.05, 0) is 62.4 Å². The minimum absolute atomic E-state index is 0.00463. The first-order chi connectivity index (χ1) is 18.5. The number of carbonyl (C=O) groups is 1. The molecule has 1 aliphatic heterocycles. The van der Waals surface area contributed by atoms with Gasteiger partial charge in [-0.1, -0.05) is 34.0 Å². The van der Waals surface area contributed by atoms with Crippen molar-refractivity contribution in [2.24, 2.45) is 5.92 Å². The van der Waals surface area contributed by atoms with Crippen LogP contribution >= 0.6 is 27.5 Å². The quantitative estimate of drug-likeness (QED) is 0.197. The number of fused-ring (bicyclic) bond motifs is 1. The highest BCUT2D eigenvalue weighted by atomic mass is 79.9. The minimum Gasteiger partial charge on any atom is -0.379 e. The molecule has 38 heavy (non-hydrogen) atoms. The van der Waals surface area contributed by atoms with E-state index in [2.05, 4.69) is 36.6 Å². The van der Waals surface area contributed by atoms with Crippen molar-refractivity contribution in [3.05, 3.63) is 51.5 Å². The third-order valence-electron chi connectivity index (χ3n) is 6.95. The zero-order valence-corrected chi connectivity index (χ0v) is 23.5. The maximum Gasteiger partial charge on any atom is 0.277 e. The monoisotopic (exact) mass is 607 g/mol. The molecule has 204 valence electrons. The van der Waals surface area contributed by atoms with E-state index in [-0.39, 0.29) is 16.8 Å². The topological polar surface area (TPSA) is 80.7 Å². The molecule has 2 aliphatic rings. The van der Waals surface area contributed by atoms with Crippen molar-refractivity contribution in [1.82, 2.24) is 19.9 Å². The van der Waals surface area contributed by atoms with E-state index in [1.54, 1.807) is 30.6 Å². The summed E-state index contributed by atoms with van der Waals surface area (Å²) in [6, 6.07) is 6.88. The van der Waals surface area contributed by atoms with Crippen LogP contribution in [0, 0.1) is 11.7 Å². The Morgan fingerprint density at radius 1 is 1.18 bits per heavy atom. The first-order valence-corrected chi connectivity index (χ1v) is 14.3. The summed E-state index contributed by atoms with van der Waals surface area (Å²) in [5, 5.41) is 3.40. The normalized spacial score (nSPS) is 16.2. The number of unbranched alkanes of at least 4 members (excludes halogenated alkanes) is 2. The van der Waals surface area contributed by atoms with Crippen LogP contribution in [-0.4, -0.2) is 59.8 Å². The third kappa shape index (κ3) is 6.84. The highest BCUT2D eigenvalue weighted by molar-refractivity contribution is 9.10. The standard InChI is InChI=1S/C27H32BrClFN5O3/c28-19-6-7-22(21(29)14-19)32-25-20(27(36)33-38-16-18-4-5-18)15-23-26(24(25)30)31-17-35(23)9-3-1-2-8-34-10-12-37-13-11-34/h6-7,14-15,17-18,32H,1-5,8-13,16H2,(H,33,36). The molecule has 0 spiro atoms. The number of benzene rings is 2. The van der Waals surface area contributed by atoms with Crippen LogP contribution in [0.3, 0.4) is 0 Å². The minimum atomic E-state index is -0.611. The lowest BCUT2D eigenvalue weighted by Crippen LogP contribution is -2.36. The SMILES string of the molecule is O=C(NOCC1CC1)c1cc2c(ncn2CCCCCN2CCOCC2)c(F)c1Nc1ccc(Br)cc1Cl. The zero-order chi connectivity index (χ0) is 26.5. The van der Waals surface area contributed by atoms with E-state index >= 15 is 4.39 Å². The molecule has 2 fully saturated rings. The molecule has 1 aromatic heterocycles. The van der Waals surface area contributed by atoms with Crippen LogP contribution in [0.5, 0.6) is 0 Å². The molecule has 1 saturated heterocycles. The maximum absolute atomic E-state index is 15.9. The molecular weight excluding hydrogens is 577 g/mol. The molecule has 2 aromatic carbocycles. The van der Waals surface area contributed by atoms with E-state index in [4.69, 9.17) is 21.2 Å². The number of hydrogen-bond acceptors (Lipinski definition) is 6. The lowest BCUT2D eigenvalue weighted by atomic mass is 10.1. The second kappa shape index (κ2) is 12.7. The summed E-state index contributed by atoms with van der Waals surface area (Å²) in [5.41, 5.74) is 3.85. The van der Waals surface area contributed by atoms with Crippen molar-refractivity contribution >= 4 is 55.8 Å². The number of aromatic nitrogens is 2. The van der Waals surface area contributed by atoms with Crippen LogP contribution in [0.4, 0.5) is 15.8 Å². The van der Waals surface area contributed by atoms with E-state index in [1.807, 2.05) is 4.57 Å². The number of halogens is 3. The van der Waals surface area contributed by atoms with Crippen LogP contribution in [0.25, 0.3) is 11.0 Å². The van der Waals surface area contributed by atoms with Crippen LogP contribution in [-0.2, 0) is 16.1 Å². The summed E-state index contributed by atoms with van der Waals surface area (Å²) < 4.78 is 24.0. The molecule has 5 rings (SSSR count). The fraction of sp³-hybridized carbons (Fsp3) is 0.481. The Kier molecular flexibility index (Phi) is 9.16. The van der Waals surface area contributed by atoms with Gasteiger partial charge in [-0.15, -0.1) is 0 Å². The molecule has 1 saturated carbocycles. The van der Waals surface area contributed by atoms with Crippen molar-refractivity contribution < 1.29 is 18.8 Å². The van der Waals surface area contributed by atoms with Gasteiger partial charge in [0.2, 0.25) is 0 Å². The Hall–Kier alpha value is -2.24. The molecule has 0 unspecified atom stereocenters. The van der Waals surface area contributed by atoms with Gasteiger partial charge >= 0.3 is 0 Å². The lowest BCUT2D eigenvalue weighted by Gasteiger charge is -2.26. The number of hydroxylamine groups is 1. The highest BCUT2D eigenvalue weighted by Crippen LogP contribution is 2.35. The highest BCUT2D eigenvalue weighted by Gasteiger charge is 2.25. The van der Waals surface area contributed by atoms with Gasteiger partial charge in [0.15, 0.2) is 5.82 Å². The van der Waals surface area contributed by atoms with Crippen molar-refractivity contribution in [3.8, 4) is 0 Å². The molecule has 2 heterocycles. The van der Waals surface area contributed by atoms with E-state index in [1.165, 1.54) is 0 Å². The van der Waals surface area contributed by atoms with Crippen molar-refractivity contribution in [2.45, 2.75) is 38.6 Å². The number of rotatable bonds is 12. The number of ether oxygens (including phenoxy) is 1. The summed E-state index contributed by atoms with van der Waals surface area (Å²) in [6.07, 6.45) is 6.89. The third-order valence-corrected chi connectivity index (χ3v) is 7.76. The predicted molar refractivity (Wildman–Crippen MR) is 149 cm³/mol. The average molecular weight is 609 g/mol. The molecule has 1 amide bonds. The molecule has 0 radical (unpaired) electrons. The summed E-state index contributed by atoms with van der Waals surface area (Å²) in [7, 11) is 0. The van der Waals surface area contributed by atoms with Crippen molar-refractivity contribution in [2.75, 3.05) is 44.8 Å². The molecule has 1 aliphatic carbocycles. The molecule has 11 heteroatoms. The Labute approximate surface area is 234 Å². The largest absolute Gasteiger partial charge is 0.379 e. The molecule has 2 N–H and O–H groups in total. The van der Waals surface area contributed by atoms with Gasteiger partial charge in [-0.3, -0.25) is 14.5 Å². The smallest absolute Gasteiger partial charge is 0.277 e.